The van der Waals surface area contributed by atoms with E-state index in [-0.39, 0.29) is 5.69 Å². The fraction of sp³-hybridized carbons (Fsp3) is 0.154. The van der Waals surface area contributed by atoms with Crippen LogP contribution in [0.25, 0.3) is 5.69 Å². The highest BCUT2D eigenvalue weighted by Crippen LogP contribution is 2.18. The number of carboxylic acids is 1. The summed E-state index contributed by atoms with van der Waals surface area (Å²) in [5.41, 5.74) is -0.232. The number of halogens is 1. The minimum absolute atomic E-state index is 0.141. The Balaban J connectivity index is 2.80. The van der Waals surface area contributed by atoms with Gasteiger partial charge in [-0.05, 0) is 25.5 Å². The molecule has 98 valence electrons. The molecule has 6 heteroatoms. The lowest BCUT2D eigenvalue weighted by molar-refractivity contribution is 0.0686. The average Bonchev–Trinajstić information content (AvgIpc) is 2.30. The van der Waals surface area contributed by atoms with Gasteiger partial charge in [0.2, 0.25) is 11.1 Å². The van der Waals surface area contributed by atoms with Crippen molar-refractivity contribution in [1.29, 1.82) is 0 Å². The largest absolute Gasteiger partial charge is 0.476 e. The molecule has 0 saturated heterocycles. The summed E-state index contributed by atoms with van der Waals surface area (Å²) < 4.78 is 15.0. The molecule has 0 aliphatic heterocycles. The second-order valence-corrected chi connectivity index (χ2v) is 4.12. The summed E-state index contributed by atoms with van der Waals surface area (Å²) in [6.07, 6.45) is 0. The fourth-order valence-electron chi connectivity index (χ4n) is 1.81. The fourth-order valence-corrected chi connectivity index (χ4v) is 1.81. The lowest BCUT2D eigenvalue weighted by atomic mass is 10.2. The molecule has 1 aromatic carbocycles. The summed E-state index contributed by atoms with van der Waals surface area (Å²) in [5, 5.41) is 12.6. The second kappa shape index (κ2) is 4.64. The van der Waals surface area contributed by atoms with Crippen molar-refractivity contribution in [2.45, 2.75) is 13.8 Å². The number of para-hydroxylation sites is 1. The minimum Gasteiger partial charge on any atom is -0.476 e. The number of hydrogen-bond acceptors (Lipinski definition) is 3. The number of carboxylic acid groups (broad SMARTS) is 1. The van der Waals surface area contributed by atoms with Gasteiger partial charge in [-0.25, -0.2) is 13.9 Å². The zero-order valence-corrected chi connectivity index (χ0v) is 10.3. The summed E-state index contributed by atoms with van der Waals surface area (Å²) in [7, 11) is 0. The van der Waals surface area contributed by atoms with E-state index in [0.29, 0.717) is 11.3 Å². The Bertz CT molecular complexity index is 702. The first kappa shape index (κ1) is 12.9. The van der Waals surface area contributed by atoms with Gasteiger partial charge in [-0.2, -0.15) is 5.10 Å². The van der Waals surface area contributed by atoms with Crippen LogP contribution in [0.3, 0.4) is 0 Å². The molecule has 0 spiro atoms. The Kier molecular flexibility index (Phi) is 3.16. The summed E-state index contributed by atoms with van der Waals surface area (Å²) in [6, 6.07) is 5.60. The van der Waals surface area contributed by atoms with E-state index in [2.05, 4.69) is 5.10 Å². The van der Waals surface area contributed by atoms with Gasteiger partial charge in [-0.15, -0.1) is 0 Å². The standard InChI is InChI=1S/C13H11FN2O3/c1-7-4-3-5-9(14)12(7)16-8(2)6-10(17)11(15-16)13(18)19/h3-6H,1-2H3,(H,18,19). The maximum absolute atomic E-state index is 13.9. The Morgan fingerprint density at radius 2 is 2.05 bits per heavy atom. The molecule has 0 bridgehead atoms. The van der Waals surface area contributed by atoms with E-state index in [1.807, 2.05) is 0 Å². The van der Waals surface area contributed by atoms with Crippen molar-refractivity contribution in [2.75, 3.05) is 0 Å². The van der Waals surface area contributed by atoms with Gasteiger partial charge in [0, 0.05) is 11.8 Å². The molecule has 5 nitrogen and oxygen atoms in total. The average molecular weight is 262 g/mol. The first-order valence-electron chi connectivity index (χ1n) is 5.51. The summed E-state index contributed by atoms with van der Waals surface area (Å²) in [5.74, 6) is -1.97. The van der Waals surface area contributed by atoms with Crippen LogP contribution in [0.4, 0.5) is 4.39 Å². The van der Waals surface area contributed by atoms with Gasteiger partial charge in [0.05, 0.1) is 0 Å². The first-order chi connectivity index (χ1) is 8.91. The lowest BCUT2D eigenvalue weighted by Gasteiger charge is -2.13. The van der Waals surface area contributed by atoms with Gasteiger partial charge in [-0.1, -0.05) is 12.1 Å². The number of aryl methyl sites for hydroxylation is 2. The predicted octanol–water partition coefficient (Wildman–Crippen LogP) is 1.69. The third kappa shape index (κ3) is 2.24. The Morgan fingerprint density at radius 3 is 2.63 bits per heavy atom. The van der Waals surface area contributed by atoms with Crippen molar-refractivity contribution in [1.82, 2.24) is 9.78 Å². The predicted molar refractivity (Wildman–Crippen MR) is 66.2 cm³/mol. The van der Waals surface area contributed by atoms with E-state index in [1.165, 1.54) is 6.07 Å². The third-order valence-electron chi connectivity index (χ3n) is 2.71. The molecule has 0 atom stereocenters. The normalized spacial score (nSPS) is 10.5. The van der Waals surface area contributed by atoms with E-state index in [1.54, 1.807) is 26.0 Å². The maximum atomic E-state index is 13.9. The molecule has 2 rings (SSSR count). The number of rotatable bonds is 2. The molecule has 0 fully saturated rings. The van der Waals surface area contributed by atoms with Crippen LogP contribution in [0.1, 0.15) is 21.7 Å². The molecular formula is C13H11FN2O3. The van der Waals surface area contributed by atoms with E-state index in [0.717, 1.165) is 10.7 Å². The van der Waals surface area contributed by atoms with E-state index < -0.39 is 22.9 Å². The molecule has 0 saturated carbocycles. The summed E-state index contributed by atoms with van der Waals surface area (Å²) >= 11 is 0. The van der Waals surface area contributed by atoms with E-state index in [4.69, 9.17) is 5.11 Å². The quantitative estimate of drug-likeness (QED) is 0.893. The number of benzene rings is 1. The SMILES string of the molecule is Cc1cccc(F)c1-n1nc(C(=O)O)c(=O)cc1C. The Hall–Kier alpha value is -2.50. The van der Waals surface area contributed by atoms with Gasteiger partial charge in [0.1, 0.15) is 11.5 Å². The number of aromatic nitrogens is 2. The van der Waals surface area contributed by atoms with Gasteiger partial charge in [-0.3, -0.25) is 4.79 Å². The molecule has 1 N–H and O–H groups in total. The summed E-state index contributed by atoms with van der Waals surface area (Å²) in [4.78, 5) is 22.4. The topological polar surface area (TPSA) is 72.2 Å². The van der Waals surface area contributed by atoms with Crippen molar-refractivity contribution >= 4 is 5.97 Å². The number of carbonyl (C=O) groups is 1. The molecule has 0 amide bonds. The van der Waals surface area contributed by atoms with Crippen LogP contribution >= 0.6 is 0 Å². The third-order valence-corrected chi connectivity index (χ3v) is 2.71. The maximum Gasteiger partial charge on any atom is 0.360 e. The van der Waals surface area contributed by atoms with Crippen molar-refractivity contribution in [3.63, 3.8) is 0 Å². The zero-order chi connectivity index (χ0) is 14.2. The molecular weight excluding hydrogens is 251 g/mol. The summed E-state index contributed by atoms with van der Waals surface area (Å²) in [6.45, 7) is 3.24. The number of nitrogens with zero attached hydrogens (tertiary/aromatic N) is 2. The Morgan fingerprint density at radius 1 is 1.37 bits per heavy atom. The van der Waals surface area contributed by atoms with Gasteiger partial charge >= 0.3 is 5.97 Å². The molecule has 1 heterocycles. The van der Waals surface area contributed by atoms with Crippen LogP contribution in [0.15, 0.2) is 29.1 Å². The Labute approximate surface area is 107 Å². The second-order valence-electron chi connectivity index (χ2n) is 4.12. The molecule has 19 heavy (non-hydrogen) atoms. The zero-order valence-electron chi connectivity index (χ0n) is 10.3. The number of hydrogen-bond donors (Lipinski definition) is 1. The van der Waals surface area contributed by atoms with Gasteiger partial charge < -0.3 is 5.11 Å². The van der Waals surface area contributed by atoms with Crippen molar-refractivity contribution in [3.05, 3.63) is 57.3 Å². The molecule has 0 aliphatic rings. The van der Waals surface area contributed by atoms with Gasteiger partial charge in [0.25, 0.3) is 0 Å². The minimum atomic E-state index is -1.44. The first-order valence-corrected chi connectivity index (χ1v) is 5.51. The molecule has 1 aromatic heterocycles. The highest BCUT2D eigenvalue weighted by molar-refractivity contribution is 5.84. The van der Waals surface area contributed by atoms with Crippen LogP contribution in [0.2, 0.25) is 0 Å². The van der Waals surface area contributed by atoms with E-state index >= 15 is 0 Å². The van der Waals surface area contributed by atoms with Crippen LogP contribution in [0.5, 0.6) is 0 Å². The molecule has 2 aromatic rings. The van der Waals surface area contributed by atoms with Crippen molar-refractivity contribution in [3.8, 4) is 5.69 Å². The molecule has 0 radical (unpaired) electrons. The van der Waals surface area contributed by atoms with Crippen LogP contribution in [0, 0.1) is 19.7 Å². The molecule has 0 aliphatic carbocycles. The molecule has 0 unspecified atom stereocenters. The highest BCUT2D eigenvalue weighted by Gasteiger charge is 2.16. The van der Waals surface area contributed by atoms with Crippen molar-refractivity contribution < 1.29 is 14.3 Å². The van der Waals surface area contributed by atoms with Crippen LogP contribution in [-0.2, 0) is 0 Å². The highest BCUT2D eigenvalue weighted by atomic mass is 19.1. The lowest BCUT2D eigenvalue weighted by Crippen LogP contribution is -2.23. The smallest absolute Gasteiger partial charge is 0.360 e. The monoisotopic (exact) mass is 262 g/mol. The van der Waals surface area contributed by atoms with E-state index in [9.17, 15) is 14.0 Å². The van der Waals surface area contributed by atoms with Crippen LogP contribution < -0.4 is 5.43 Å². The van der Waals surface area contributed by atoms with Crippen LogP contribution in [-0.4, -0.2) is 20.9 Å². The van der Waals surface area contributed by atoms with Gasteiger partial charge in [0.15, 0.2) is 0 Å². The number of aromatic carboxylic acids is 1. The van der Waals surface area contributed by atoms with Crippen molar-refractivity contribution in [2.24, 2.45) is 0 Å².